The minimum absolute atomic E-state index is 0. The van der Waals surface area contributed by atoms with E-state index in [2.05, 4.69) is 27.8 Å². The van der Waals surface area contributed by atoms with Crippen LogP contribution in [0.3, 0.4) is 0 Å². The Kier molecular flexibility index (Phi) is 13.4. The van der Waals surface area contributed by atoms with E-state index >= 15 is 0 Å². The van der Waals surface area contributed by atoms with Crippen molar-refractivity contribution in [1.82, 2.24) is 0 Å². The van der Waals surface area contributed by atoms with Crippen molar-refractivity contribution in [1.29, 1.82) is 0 Å². The van der Waals surface area contributed by atoms with Crippen LogP contribution < -0.4 is 68.9 Å². The van der Waals surface area contributed by atoms with Crippen molar-refractivity contribution >= 4 is 45.1 Å². The molecule has 156 valence electrons. The second kappa shape index (κ2) is 13.0. The first-order valence-electron chi connectivity index (χ1n) is 7.88. The Morgan fingerprint density at radius 1 is 1.16 bits per heavy atom. The van der Waals surface area contributed by atoms with Gasteiger partial charge in [0.15, 0.2) is 9.84 Å². The van der Waals surface area contributed by atoms with Crippen LogP contribution in [0.1, 0.15) is 16.7 Å². The van der Waals surface area contributed by atoms with E-state index in [0.29, 0.717) is 22.6 Å². The normalized spacial score (nSPS) is 11.5. The topological polar surface area (TPSA) is 97.3 Å². The third kappa shape index (κ3) is 9.16. The molecule has 0 spiro atoms. The quantitative estimate of drug-likeness (QED) is 0.161. The van der Waals surface area contributed by atoms with Crippen LogP contribution in [0, 0.1) is 11.8 Å². The van der Waals surface area contributed by atoms with Crippen molar-refractivity contribution in [3.05, 3.63) is 63.6 Å². The summed E-state index contributed by atoms with van der Waals surface area (Å²) in [5.74, 6) is 6.55. The first-order valence-corrected chi connectivity index (χ1v) is 13.3. The summed E-state index contributed by atoms with van der Waals surface area (Å²) in [6.45, 7) is 0. The van der Waals surface area contributed by atoms with Gasteiger partial charge in [-0.15, -0.1) is 11.8 Å². The van der Waals surface area contributed by atoms with Crippen molar-refractivity contribution < 1.29 is 90.7 Å². The summed E-state index contributed by atoms with van der Waals surface area (Å²) < 4.78 is 61.1. The van der Waals surface area contributed by atoms with Crippen molar-refractivity contribution in [2.24, 2.45) is 0 Å². The summed E-state index contributed by atoms with van der Waals surface area (Å²) in [6, 6.07) is 9.81. The van der Waals surface area contributed by atoms with Crippen molar-refractivity contribution in [3.8, 4) is 11.8 Å². The molecule has 0 saturated carbocycles. The second-order valence-electron chi connectivity index (χ2n) is 5.95. The zero-order valence-corrected chi connectivity index (χ0v) is 25.0. The number of thioether (sulfide) groups is 1. The van der Waals surface area contributed by atoms with Gasteiger partial charge in [0, 0.05) is 35.2 Å². The molecule has 0 aliphatic carbocycles. The van der Waals surface area contributed by atoms with Crippen LogP contribution >= 0.6 is 35.3 Å². The molecule has 0 unspecified atom stereocenters. The fourth-order valence-corrected chi connectivity index (χ4v) is 4.88. The Labute approximate surface area is 237 Å². The zero-order valence-electron chi connectivity index (χ0n) is 16.9. The van der Waals surface area contributed by atoms with E-state index in [9.17, 15) is 31.6 Å². The van der Waals surface area contributed by atoms with Crippen molar-refractivity contribution in [3.63, 3.8) is 0 Å². The smallest absolute Gasteiger partial charge is 0.806 e. The number of sulfone groups is 1. The molecule has 0 atom stereocenters. The molecule has 0 saturated heterocycles. The SMILES string of the molecule is CS(=O)(=O)c1cccc(C#CCSCc2ccc(C(F)(F)P(=O)([O-])[O-])c(Br)c2)c1.[Na+].[Na+]. The van der Waals surface area contributed by atoms with E-state index in [0.717, 1.165) is 12.3 Å². The molecule has 0 amide bonds. The van der Waals surface area contributed by atoms with Gasteiger partial charge in [0.2, 0.25) is 0 Å². The fraction of sp³-hybridized carbons (Fsp3) is 0.222. The largest absolute Gasteiger partial charge is 1.00 e. The van der Waals surface area contributed by atoms with Gasteiger partial charge in [-0.1, -0.05) is 46.0 Å². The monoisotopic (exact) mass is 568 g/mol. The summed E-state index contributed by atoms with van der Waals surface area (Å²) >= 11 is 4.27. The van der Waals surface area contributed by atoms with Gasteiger partial charge in [-0.2, -0.15) is 8.78 Å². The Bertz CT molecular complexity index is 1130. The number of alkyl halides is 2. The molecule has 2 aromatic rings. The van der Waals surface area contributed by atoms with Crippen LogP contribution in [0.25, 0.3) is 0 Å². The summed E-state index contributed by atoms with van der Waals surface area (Å²) in [5.41, 5.74) is -4.20. The molecule has 0 aromatic heterocycles. The Morgan fingerprint density at radius 2 is 1.81 bits per heavy atom. The molecule has 0 radical (unpaired) electrons. The van der Waals surface area contributed by atoms with Crippen LogP contribution in [0.4, 0.5) is 8.78 Å². The maximum Gasteiger partial charge on any atom is 1.00 e. The van der Waals surface area contributed by atoms with Gasteiger partial charge in [-0.05, 0) is 29.8 Å². The molecule has 0 aliphatic rings. The number of hydrogen-bond donors (Lipinski definition) is 0. The molecule has 31 heavy (non-hydrogen) atoms. The van der Waals surface area contributed by atoms with Gasteiger partial charge in [0.05, 0.1) is 10.6 Å². The van der Waals surface area contributed by atoms with Crippen molar-refractivity contribution in [2.75, 3.05) is 12.0 Å². The fourth-order valence-electron chi connectivity index (χ4n) is 2.20. The number of rotatable bonds is 6. The minimum Gasteiger partial charge on any atom is -0.806 e. The standard InChI is InChI=1S/C18H16BrF2O5PS2.2Na/c1-29(25,26)15-6-2-4-13(10-15)5-3-9-28-12-14-7-8-16(17(19)11-14)18(20,21)27(22,23)24;;/h2,4,6-8,10-11H,9,12H2,1H3,(H2,22,23,24);;/q;2*+1/p-2. The van der Waals surface area contributed by atoms with Crippen LogP contribution in [0.2, 0.25) is 0 Å². The minimum atomic E-state index is -6.13. The molecular weight excluding hydrogens is 555 g/mol. The van der Waals surface area contributed by atoms with Crippen LogP contribution in [-0.2, 0) is 25.8 Å². The molecule has 5 nitrogen and oxygen atoms in total. The molecule has 13 heteroatoms. The maximum absolute atomic E-state index is 13.7. The molecule has 2 aromatic carbocycles. The predicted molar refractivity (Wildman–Crippen MR) is 108 cm³/mol. The van der Waals surface area contributed by atoms with Crippen LogP contribution in [-0.4, -0.2) is 20.4 Å². The first-order chi connectivity index (χ1) is 13.3. The Balaban J connectivity index is 0.00000450. The molecule has 0 heterocycles. The third-order valence-electron chi connectivity index (χ3n) is 3.64. The van der Waals surface area contributed by atoms with Gasteiger partial charge in [-0.25, -0.2) is 8.42 Å². The van der Waals surface area contributed by atoms with E-state index in [-0.39, 0.29) is 68.5 Å². The summed E-state index contributed by atoms with van der Waals surface area (Å²) in [7, 11) is -9.44. The van der Waals surface area contributed by atoms with Gasteiger partial charge in [-0.3, -0.25) is 0 Å². The average Bonchev–Trinajstić information content (AvgIpc) is 2.60. The molecule has 2 rings (SSSR count). The average molecular weight is 569 g/mol. The molecule has 0 bridgehead atoms. The van der Waals surface area contributed by atoms with E-state index in [4.69, 9.17) is 0 Å². The van der Waals surface area contributed by atoms with E-state index in [1.165, 1.54) is 36.0 Å². The summed E-state index contributed by atoms with van der Waals surface area (Å²) in [4.78, 5) is 21.7. The molecule has 0 aliphatic heterocycles. The van der Waals surface area contributed by atoms with E-state index in [1.54, 1.807) is 12.1 Å². The van der Waals surface area contributed by atoms with Gasteiger partial charge in [0.25, 0.3) is 5.66 Å². The molecule has 0 N–H and O–H groups in total. The summed E-state index contributed by atoms with van der Waals surface area (Å²) in [6.07, 6.45) is 1.11. The van der Waals surface area contributed by atoms with Gasteiger partial charge >= 0.3 is 59.1 Å². The third-order valence-corrected chi connectivity index (χ3v) is 7.22. The van der Waals surface area contributed by atoms with Crippen LogP contribution in [0.15, 0.2) is 51.8 Å². The van der Waals surface area contributed by atoms with E-state index < -0.39 is 28.7 Å². The number of halogens is 3. The zero-order chi connectivity index (χ0) is 21.9. The Hall–Kier alpha value is 0.790. The Morgan fingerprint density at radius 3 is 2.35 bits per heavy atom. The predicted octanol–water partition coefficient (Wildman–Crippen LogP) is -2.89. The number of hydrogen-bond acceptors (Lipinski definition) is 6. The maximum atomic E-state index is 13.7. The van der Waals surface area contributed by atoms with Gasteiger partial charge < -0.3 is 14.4 Å². The van der Waals surface area contributed by atoms with Gasteiger partial charge in [0.1, 0.15) is 0 Å². The van der Waals surface area contributed by atoms with Crippen LogP contribution in [0.5, 0.6) is 0 Å². The number of benzene rings is 2. The second-order valence-corrected chi connectivity index (χ2v) is 11.4. The molecular formula is C18H14BrF2Na2O5PS2. The van der Waals surface area contributed by atoms with E-state index in [1.807, 2.05) is 0 Å². The van der Waals surface area contributed by atoms with Crippen molar-refractivity contribution in [2.45, 2.75) is 16.3 Å². The first kappa shape index (κ1) is 31.8. The molecule has 0 fully saturated rings. The summed E-state index contributed by atoms with van der Waals surface area (Å²) in [5, 5.41) is 0.